The normalized spacial score (nSPS) is 18.2. The quantitative estimate of drug-likeness (QED) is 0.293. The molecule has 162 valence electrons. The van der Waals surface area contributed by atoms with Crippen molar-refractivity contribution in [2.45, 2.75) is 45.6 Å². The van der Waals surface area contributed by atoms with Crippen molar-refractivity contribution in [3.8, 4) is 0 Å². The van der Waals surface area contributed by atoms with E-state index in [2.05, 4.69) is 30.8 Å². The van der Waals surface area contributed by atoms with Crippen molar-refractivity contribution in [3.63, 3.8) is 0 Å². The predicted molar refractivity (Wildman–Crippen MR) is 116 cm³/mol. The van der Waals surface area contributed by atoms with Crippen molar-refractivity contribution in [2.75, 3.05) is 44.7 Å². The number of morpholine rings is 1. The molecule has 3 N–H and O–H groups in total. The van der Waals surface area contributed by atoms with Gasteiger partial charge in [-0.15, -0.1) is 0 Å². The van der Waals surface area contributed by atoms with Crippen molar-refractivity contribution in [2.24, 2.45) is 4.99 Å². The lowest BCUT2D eigenvalue weighted by molar-refractivity contribution is -0.00000802. The maximum Gasteiger partial charge on any atom is 0.229 e. The third kappa shape index (κ3) is 8.38. The standard InChI is InChI=1S/C19H31N7OS.ClH/c1-14-13-15(2)22-18(21-14)24-17(20-7-8-26-9-11-27-12-10-26)25-19(28)23-16-5-3-4-6-16;/h13,16H,3-12H2,1-2H3,(H3,20,21,22,23,24,25,28);1H/p-1. The van der Waals surface area contributed by atoms with E-state index < -0.39 is 0 Å². The Kier molecular flexibility index (Phi) is 9.99. The average Bonchev–Trinajstić information content (AvgIpc) is 3.14. The summed E-state index contributed by atoms with van der Waals surface area (Å²) in [5.41, 5.74) is 1.82. The molecule has 1 saturated carbocycles. The summed E-state index contributed by atoms with van der Waals surface area (Å²) in [7, 11) is 0. The molecule has 1 aromatic heterocycles. The number of hydrogen-bond donors (Lipinski definition) is 3. The van der Waals surface area contributed by atoms with Crippen molar-refractivity contribution in [3.05, 3.63) is 17.5 Å². The number of hydrogen-bond acceptors (Lipinski definition) is 6. The number of rotatable bonds is 5. The van der Waals surface area contributed by atoms with Crippen LogP contribution in [0.1, 0.15) is 37.1 Å². The van der Waals surface area contributed by atoms with Crippen LogP contribution in [0.2, 0.25) is 0 Å². The maximum absolute atomic E-state index is 5.50. The first kappa shape index (κ1) is 23.7. The monoisotopic (exact) mass is 440 g/mol. The van der Waals surface area contributed by atoms with E-state index in [0.717, 1.165) is 44.2 Å². The number of nitrogens with zero attached hydrogens (tertiary/aromatic N) is 4. The smallest absolute Gasteiger partial charge is 0.229 e. The van der Waals surface area contributed by atoms with Crippen molar-refractivity contribution < 1.29 is 17.1 Å². The van der Waals surface area contributed by atoms with Crippen molar-refractivity contribution in [1.29, 1.82) is 0 Å². The van der Waals surface area contributed by atoms with Crippen molar-refractivity contribution >= 4 is 29.2 Å². The summed E-state index contributed by atoms with van der Waals surface area (Å²) in [6.07, 6.45) is 4.85. The Labute approximate surface area is 184 Å². The van der Waals surface area contributed by atoms with Gasteiger partial charge in [-0.05, 0) is 45.0 Å². The van der Waals surface area contributed by atoms with Gasteiger partial charge in [-0.3, -0.25) is 15.2 Å². The van der Waals surface area contributed by atoms with Crippen LogP contribution >= 0.6 is 12.2 Å². The van der Waals surface area contributed by atoms with Crippen LogP contribution in [0.4, 0.5) is 5.95 Å². The fourth-order valence-electron chi connectivity index (χ4n) is 3.53. The lowest BCUT2D eigenvalue weighted by atomic mass is 10.3. The third-order valence-corrected chi connectivity index (χ3v) is 5.14. The Morgan fingerprint density at radius 3 is 2.52 bits per heavy atom. The van der Waals surface area contributed by atoms with Crippen LogP contribution < -0.4 is 28.4 Å². The van der Waals surface area contributed by atoms with Crippen LogP contribution in [0, 0.1) is 13.8 Å². The molecule has 0 amide bonds. The molecule has 0 radical (unpaired) electrons. The Morgan fingerprint density at radius 2 is 1.86 bits per heavy atom. The van der Waals surface area contributed by atoms with Crippen LogP contribution in [0.3, 0.4) is 0 Å². The largest absolute Gasteiger partial charge is 1.00 e. The molecule has 8 nitrogen and oxygen atoms in total. The van der Waals surface area contributed by atoms with Gasteiger partial charge in [-0.2, -0.15) is 0 Å². The number of aliphatic imine (C=N–C) groups is 1. The molecule has 0 bridgehead atoms. The summed E-state index contributed by atoms with van der Waals surface area (Å²) >= 11 is 5.50. The van der Waals surface area contributed by atoms with Crippen LogP contribution in [-0.4, -0.2) is 71.4 Å². The van der Waals surface area contributed by atoms with E-state index in [1.54, 1.807) is 0 Å². The zero-order valence-electron chi connectivity index (χ0n) is 17.2. The Morgan fingerprint density at radius 1 is 1.21 bits per heavy atom. The highest BCUT2D eigenvalue weighted by Gasteiger charge is 2.16. The Hall–Kier alpha value is -1.55. The molecule has 10 heteroatoms. The van der Waals surface area contributed by atoms with Crippen LogP contribution in [0.15, 0.2) is 11.1 Å². The minimum absolute atomic E-state index is 0. The summed E-state index contributed by atoms with van der Waals surface area (Å²) < 4.78 is 5.40. The molecular weight excluding hydrogens is 410 g/mol. The molecule has 1 aromatic rings. The molecule has 2 fully saturated rings. The average molecular weight is 441 g/mol. The number of aryl methyl sites for hydroxylation is 2. The van der Waals surface area contributed by atoms with Gasteiger partial charge < -0.3 is 27.8 Å². The zero-order chi connectivity index (χ0) is 19.8. The molecule has 29 heavy (non-hydrogen) atoms. The Balaban J connectivity index is 0.00000300. The van der Waals surface area contributed by atoms with E-state index in [9.17, 15) is 0 Å². The zero-order valence-corrected chi connectivity index (χ0v) is 18.8. The number of aromatic nitrogens is 2. The summed E-state index contributed by atoms with van der Waals surface area (Å²) in [4.78, 5) is 15.9. The fourth-order valence-corrected chi connectivity index (χ4v) is 3.79. The fraction of sp³-hybridized carbons (Fsp3) is 0.684. The topological polar surface area (TPSA) is 86.7 Å². The SMILES string of the molecule is Cc1cc(C)nc(NC(=NCCN2CCOCC2)NC(=S)NC2CCCC2)n1.[Cl-]. The highest BCUT2D eigenvalue weighted by Crippen LogP contribution is 2.17. The minimum Gasteiger partial charge on any atom is -1.00 e. The first-order valence-corrected chi connectivity index (χ1v) is 10.5. The van der Waals surface area contributed by atoms with E-state index in [1.807, 2.05) is 19.9 Å². The number of nitrogens with one attached hydrogen (secondary N) is 3. The number of ether oxygens (including phenoxy) is 1. The molecule has 1 saturated heterocycles. The first-order valence-electron chi connectivity index (χ1n) is 10.1. The van der Waals surface area contributed by atoms with Gasteiger partial charge in [0.2, 0.25) is 11.9 Å². The summed E-state index contributed by atoms with van der Waals surface area (Å²) in [6.45, 7) is 8.93. The second-order valence-corrected chi connectivity index (χ2v) is 7.77. The van der Waals surface area contributed by atoms with E-state index in [1.165, 1.54) is 25.7 Å². The predicted octanol–water partition coefficient (Wildman–Crippen LogP) is -1.40. The van der Waals surface area contributed by atoms with Gasteiger partial charge >= 0.3 is 0 Å². The molecule has 0 atom stereocenters. The summed E-state index contributed by atoms with van der Waals surface area (Å²) in [5, 5.41) is 10.4. The first-order chi connectivity index (χ1) is 13.6. The molecular formula is C19H31ClN7OS-. The second kappa shape index (κ2) is 12.2. The van der Waals surface area contributed by atoms with Gasteiger partial charge in [-0.1, -0.05) is 12.8 Å². The van der Waals surface area contributed by atoms with E-state index in [-0.39, 0.29) is 12.4 Å². The molecule has 0 unspecified atom stereocenters. The molecule has 2 heterocycles. The lowest BCUT2D eigenvalue weighted by Gasteiger charge is -2.25. The summed E-state index contributed by atoms with van der Waals surface area (Å²) in [6, 6.07) is 2.40. The molecule has 0 spiro atoms. The highest BCUT2D eigenvalue weighted by atomic mass is 35.5. The van der Waals surface area contributed by atoms with Crippen LogP contribution in [0.25, 0.3) is 0 Å². The van der Waals surface area contributed by atoms with Gasteiger partial charge in [-0.25, -0.2) is 9.97 Å². The maximum atomic E-state index is 5.50. The third-order valence-electron chi connectivity index (χ3n) is 4.92. The second-order valence-electron chi connectivity index (χ2n) is 7.36. The number of halogens is 1. The van der Waals surface area contributed by atoms with E-state index in [4.69, 9.17) is 21.9 Å². The molecule has 1 aliphatic heterocycles. The Bertz CT molecular complexity index is 671. The lowest BCUT2D eigenvalue weighted by Crippen LogP contribution is -3.00. The van der Waals surface area contributed by atoms with Gasteiger partial charge in [0.05, 0.1) is 19.8 Å². The van der Waals surface area contributed by atoms with Crippen molar-refractivity contribution in [1.82, 2.24) is 25.5 Å². The van der Waals surface area contributed by atoms with Gasteiger partial charge in [0.15, 0.2) is 5.11 Å². The number of anilines is 1. The van der Waals surface area contributed by atoms with Gasteiger partial charge in [0.25, 0.3) is 0 Å². The van der Waals surface area contributed by atoms with Crippen LogP contribution in [-0.2, 0) is 4.74 Å². The molecule has 1 aliphatic carbocycles. The number of thiocarbonyl (C=S) groups is 1. The molecule has 2 aliphatic rings. The summed E-state index contributed by atoms with van der Waals surface area (Å²) in [5.74, 6) is 1.10. The highest BCUT2D eigenvalue weighted by molar-refractivity contribution is 7.80. The van der Waals surface area contributed by atoms with E-state index >= 15 is 0 Å². The van der Waals surface area contributed by atoms with Gasteiger partial charge in [0, 0.05) is 37.1 Å². The minimum atomic E-state index is 0. The molecule has 3 rings (SSSR count). The van der Waals surface area contributed by atoms with E-state index in [0.29, 0.717) is 29.6 Å². The van der Waals surface area contributed by atoms with Gasteiger partial charge in [0.1, 0.15) is 0 Å². The van der Waals surface area contributed by atoms with Crippen LogP contribution in [0.5, 0.6) is 0 Å². The number of guanidine groups is 1. The molecule has 0 aromatic carbocycles.